The average Bonchev–Trinajstić information content (AvgIpc) is 3.22. The summed E-state index contributed by atoms with van der Waals surface area (Å²) in [5.74, 6) is 3.17. The quantitative estimate of drug-likeness (QED) is 0.237. The molecule has 0 saturated carbocycles. The van der Waals surface area contributed by atoms with Crippen molar-refractivity contribution in [2.45, 2.75) is 6.61 Å². The molecule has 0 spiro atoms. The molecule has 0 atom stereocenters. The fourth-order valence-electron chi connectivity index (χ4n) is 3.54. The molecule has 0 aliphatic rings. The highest BCUT2D eigenvalue weighted by molar-refractivity contribution is 7.22. The Morgan fingerprint density at radius 1 is 0.758 bits per heavy atom. The van der Waals surface area contributed by atoms with Crippen LogP contribution in [0.25, 0.3) is 20.5 Å². The van der Waals surface area contributed by atoms with E-state index in [1.165, 1.54) is 0 Å². The van der Waals surface area contributed by atoms with Crippen LogP contribution >= 0.6 is 22.9 Å². The third-order valence-corrected chi connectivity index (χ3v) is 6.68. The Balaban J connectivity index is 1.43. The predicted molar refractivity (Wildman–Crippen MR) is 136 cm³/mol. The van der Waals surface area contributed by atoms with Crippen molar-refractivity contribution in [1.82, 2.24) is 0 Å². The second-order valence-electron chi connectivity index (χ2n) is 7.48. The van der Waals surface area contributed by atoms with Gasteiger partial charge in [-0.15, -0.1) is 11.3 Å². The lowest BCUT2D eigenvalue weighted by molar-refractivity contribution is 0.306. The molecule has 3 nitrogen and oxygen atoms in total. The maximum atomic E-state index is 6.42. The van der Waals surface area contributed by atoms with Gasteiger partial charge in [0, 0.05) is 15.1 Å². The Labute approximate surface area is 201 Å². The Morgan fingerprint density at radius 3 is 2.18 bits per heavy atom. The van der Waals surface area contributed by atoms with Crippen molar-refractivity contribution in [2.24, 2.45) is 0 Å². The summed E-state index contributed by atoms with van der Waals surface area (Å²) in [5, 5.41) is 1.74. The molecule has 5 heteroatoms. The molecule has 0 fully saturated rings. The first-order valence-corrected chi connectivity index (χ1v) is 11.7. The van der Waals surface area contributed by atoms with Crippen LogP contribution in [-0.2, 0) is 6.61 Å². The minimum Gasteiger partial charge on any atom is -0.497 e. The lowest BCUT2D eigenvalue weighted by atomic mass is 10.1. The van der Waals surface area contributed by atoms with Crippen LogP contribution < -0.4 is 14.2 Å². The van der Waals surface area contributed by atoms with Gasteiger partial charge in [0.15, 0.2) is 5.75 Å². The zero-order chi connectivity index (χ0) is 22.6. The third kappa shape index (κ3) is 4.82. The Kier molecular flexibility index (Phi) is 6.20. The van der Waals surface area contributed by atoms with E-state index < -0.39 is 0 Å². The summed E-state index contributed by atoms with van der Waals surface area (Å²) < 4.78 is 18.8. The van der Waals surface area contributed by atoms with Crippen LogP contribution in [0.5, 0.6) is 23.0 Å². The first-order valence-electron chi connectivity index (χ1n) is 10.5. The van der Waals surface area contributed by atoms with Crippen LogP contribution in [0.2, 0.25) is 5.02 Å². The van der Waals surface area contributed by atoms with Crippen molar-refractivity contribution in [3.05, 3.63) is 108 Å². The van der Waals surface area contributed by atoms with E-state index in [4.69, 9.17) is 25.8 Å². The number of methoxy groups -OCH3 is 1. The topological polar surface area (TPSA) is 27.7 Å². The van der Waals surface area contributed by atoms with Crippen LogP contribution in [0.4, 0.5) is 0 Å². The molecule has 1 aromatic heterocycles. The second kappa shape index (κ2) is 9.57. The second-order valence-corrected chi connectivity index (χ2v) is 8.97. The highest BCUT2D eigenvalue weighted by atomic mass is 35.5. The van der Waals surface area contributed by atoms with Gasteiger partial charge < -0.3 is 14.2 Å². The van der Waals surface area contributed by atoms with Crippen molar-refractivity contribution in [1.29, 1.82) is 0 Å². The van der Waals surface area contributed by atoms with E-state index in [1.54, 1.807) is 18.4 Å². The van der Waals surface area contributed by atoms with E-state index in [-0.39, 0.29) is 0 Å². The molecule has 1 heterocycles. The SMILES string of the molecule is COc1ccc2c(Oc3ccc(OCc4ccccc4)cc3)c(-c3ccc(Cl)cc3)sc2c1. The van der Waals surface area contributed by atoms with Crippen LogP contribution in [0.1, 0.15) is 5.56 Å². The van der Waals surface area contributed by atoms with Crippen LogP contribution in [0.3, 0.4) is 0 Å². The van der Waals surface area contributed by atoms with Gasteiger partial charge in [0.2, 0.25) is 0 Å². The molecule has 5 aromatic rings. The minimum absolute atomic E-state index is 0.527. The fourth-order valence-corrected chi connectivity index (χ4v) is 4.83. The van der Waals surface area contributed by atoms with Gasteiger partial charge >= 0.3 is 0 Å². The van der Waals surface area contributed by atoms with Crippen LogP contribution in [0, 0.1) is 0 Å². The van der Waals surface area contributed by atoms with Gasteiger partial charge in [-0.25, -0.2) is 0 Å². The summed E-state index contributed by atoms with van der Waals surface area (Å²) in [4.78, 5) is 1.04. The third-order valence-electron chi connectivity index (χ3n) is 5.25. The van der Waals surface area contributed by atoms with E-state index in [9.17, 15) is 0 Å². The summed E-state index contributed by atoms with van der Waals surface area (Å²) in [6, 6.07) is 31.7. The number of ether oxygens (including phenoxy) is 3. The molecule has 0 aliphatic carbocycles. The molecular formula is C28H21ClO3S. The van der Waals surface area contributed by atoms with E-state index in [0.717, 1.165) is 49.1 Å². The van der Waals surface area contributed by atoms with Crippen molar-refractivity contribution >= 4 is 33.0 Å². The fraction of sp³-hybridized carbons (Fsp3) is 0.0714. The number of benzene rings is 4. The summed E-state index contributed by atoms with van der Waals surface area (Å²) in [6.45, 7) is 0.527. The number of halogens is 1. The molecule has 0 radical (unpaired) electrons. The number of fused-ring (bicyclic) bond motifs is 1. The molecular weight excluding hydrogens is 452 g/mol. The van der Waals surface area contributed by atoms with E-state index in [2.05, 4.69) is 0 Å². The van der Waals surface area contributed by atoms with Gasteiger partial charge in [-0.05, 0) is 65.7 Å². The van der Waals surface area contributed by atoms with Crippen LogP contribution in [-0.4, -0.2) is 7.11 Å². The summed E-state index contributed by atoms with van der Waals surface area (Å²) in [6.07, 6.45) is 0. The van der Waals surface area contributed by atoms with Gasteiger partial charge in [0.05, 0.1) is 12.0 Å². The predicted octanol–water partition coefficient (Wildman–Crippen LogP) is 8.60. The Bertz CT molecular complexity index is 1360. The molecule has 0 N–H and O–H groups in total. The number of hydrogen-bond acceptors (Lipinski definition) is 4. The minimum atomic E-state index is 0.527. The smallest absolute Gasteiger partial charge is 0.153 e. The van der Waals surface area contributed by atoms with Crippen molar-refractivity contribution in [3.8, 4) is 33.4 Å². The molecule has 0 bridgehead atoms. The molecule has 0 saturated heterocycles. The summed E-state index contributed by atoms with van der Waals surface area (Å²) in [7, 11) is 1.67. The average molecular weight is 473 g/mol. The first kappa shape index (κ1) is 21.4. The molecule has 0 unspecified atom stereocenters. The lowest BCUT2D eigenvalue weighted by Gasteiger charge is -2.10. The lowest BCUT2D eigenvalue weighted by Crippen LogP contribution is -1.94. The maximum absolute atomic E-state index is 6.42. The number of hydrogen-bond donors (Lipinski definition) is 0. The van der Waals surface area contributed by atoms with Crippen molar-refractivity contribution < 1.29 is 14.2 Å². The van der Waals surface area contributed by atoms with E-state index >= 15 is 0 Å². The Hall–Kier alpha value is -3.47. The van der Waals surface area contributed by atoms with Gasteiger partial charge in [0.1, 0.15) is 23.9 Å². The molecule has 33 heavy (non-hydrogen) atoms. The van der Waals surface area contributed by atoms with Crippen molar-refractivity contribution in [2.75, 3.05) is 7.11 Å². The summed E-state index contributed by atoms with van der Waals surface area (Å²) >= 11 is 7.78. The molecule has 0 amide bonds. The zero-order valence-electron chi connectivity index (χ0n) is 18.0. The Morgan fingerprint density at radius 2 is 1.45 bits per heavy atom. The van der Waals surface area contributed by atoms with Crippen molar-refractivity contribution in [3.63, 3.8) is 0 Å². The molecule has 4 aromatic carbocycles. The molecule has 5 rings (SSSR count). The highest BCUT2D eigenvalue weighted by Crippen LogP contribution is 2.47. The van der Waals surface area contributed by atoms with Gasteiger partial charge in [0.25, 0.3) is 0 Å². The first-order chi connectivity index (χ1) is 16.2. The summed E-state index contributed by atoms with van der Waals surface area (Å²) in [5.41, 5.74) is 2.18. The van der Waals surface area contributed by atoms with Gasteiger partial charge in [-0.1, -0.05) is 54.1 Å². The monoisotopic (exact) mass is 472 g/mol. The highest BCUT2D eigenvalue weighted by Gasteiger charge is 2.17. The number of thiophene rings is 1. The molecule has 164 valence electrons. The number of rotatable bonds is 7. The van der Waals surface area contributed by atoms with E-state index in [1.807, 2.05) is 97.1 Å². The zero-order valence-corrected chi connectivity index (χ0v) is 19.5. The van der Waals surface area contributed by atoms with E-state index in [0.29, 0.717) is 11.6 Å². The molecule has 0 aliphatic heterocycles. The standard InChI is InChI=1S/C28H21ClO3S/c1-30-24-15-16-25-26(17-24)33-28(20-7-9-21(29)10-8-20)27(25)32-23-13-11-22(12-14-23)31-18-19-5-3-2-4-6-19/h2-17H,18H2,1H3. The van der Waals surface area contributed by atoms with Gasteiger partial charge in [-0.3, -0.25) is 0 Å². The largest absolute Gasteiger partial charge is 0.497 e. The maximum Gasteiger partial charge on any atom is 0.153 e. The van der Waals surface area contributed by atoms with Crippen LogP contribution in [0.15, 0.2) is 97.1 Å². The van der Waals surface area contributed by atoms with Gasteiger partial charge in [-0.2, -0.15) is 0 Å². The normalized spacial score (nSPS) is 10.8.